The second-order valence-electron chi connectivity index (χ2n) is 5.54. The predicted octanol–water partition coefficient (Wildman–Crippen LogP) is 1.36. The van der Waals surface area contributed by atoms with E-state index in [4.69, 9.17) is 0 Å². The van der Waals surface area contributed by atoms with E-state index in [0.717, 1.165) is 25.3 Å². The lowest BCUT2D eigenvalue weighted by Crippen LogP contribution is -2.32. The second kappa shape index (κ2) is 7.24. The highest BCUT2D eigenvalue weighted by molar-refractivity contribution is 5.94. The zero-order valence-electron chi connectivity index (χ0n) is 12.4. The summed E-state index contributed by atoms with van der Waals surface area (Å²) in [6.07, 6.45) is 7.23. The molecule has 0 unspecified atom stereocenters. The van der Waals surface area contributed by atoms with Crippen LogP contribution in [0.4, 0.5) is 5.69 Å². The molecule has 5 nitrogen and oxygen atoms in total. The number of piperidine rings is 1. The van der Waals surface area contributed by atoms with E-state index in [9.17, 15) is 4.79 Å². The lowest BCUT2D eigenvalue weighted by atomic mass is 10.1. The van der Waals surface area contributed by atoms with Gasteiger partial charge in [0.2, 0.25) is 0 Å². The maximum atomic E-state index is 12.1. The Bertz CT molecular complexity index is 441. The molecule has 0 radical (unpaired) electrons. The Kier molecular flexibility index (Phi) is 5.35. The van der Waals surface area contributed by atoms with E-state index in [0.29, 0.717) is 12.1 Å². The lowest BCUT2D eigenvalue weighted by Gasteiger charge is -2.28. The first-order valence-electron chi connectivity index (χ1n) is 7.30. The lowest BCUT2D eigenvalue weighted by molar-refractivity contribution is 0.0950. The summed E-state index contributed by atoms with van der Waals surface area (Å²) in [7, 11) is 3.98. The Hall–Kier alpha value is -1.62. The van der Waals surface area contributed by atoms with Crippen LogP contribution in [-0.2, 0) is 0 Å². The van der Waals surface area contributed by atoms with Gasteiger partial charge in [-0.1, -0.05) is 0 Å². The summed E-state index contributed by atoms with van der Waals surface area (Å²) in [4.78, 5) is 20.6. The van der Waals surface area contributed by atoms with Crippen molar-refractivity contribution in [1.82, 2.24) is 15.2 Å². The third kappa shape index (κ3) is 4.20. The number of hydrogen-bond acceptors (Lipinski definition) is 4. The number of likely N-dealkylation sites (N-methyl/N-ethyl adjacent to an activating group) is 1. The third-order valence-corrected chi connectivity index (χ3v) is 3.55. The molecule has 0 bridgehead atoms. The van der Waals surface area contributed by atoms with Crippen LogP contribution in [0, 0.1) is 0 Å². The number of anilines is 1. The number of nitrogens with zero attached hydrogens (tertiary/aromatic N) is 3. The Balaban J connectivity index is 1.96. The third-order valence-electron chi connectivity index (χ3n) is 3.55. The molecular weight excluding hydrogens is 252 g/mol. The summed E-state index contributed by atoms with van der Waals surface area (Å²) >= 11 is 0. The quantitative estimate of drug-likeness (QED) is 0.882. The van der Waals surface area contributed by atoms with E-state index in [1.807, 2.05) is 31.3 Å². The van der Waals surface area contributed by atoms with E-state index in [2.05, 4.69) is 15.2 Å². The molecule has 0 aromatic carbocycles. The van der Waals surface area contributed by atoms with Gasteiger partial charge in [-0.25, -0.2) is 0 Å². The fourth-order valence-electron chi connectivity index (χ4n) is 2.37. The normalized spacial score (nSPS) is 15.4. The summed E-state index contributed by atoms with van der Waals surface area (Å²) in [6, 6.07) is 1.95. The van der Waals surface area contributed by atoms with Crippen LogP contribution in [0.15, 0.2) is 18.5 Å². The van der Waals surface area contributed by atoms with Crippen molar-refractivity contribution in [2.24, 2.45) is 0 Å². The summed E-state index contributed by atoms with van der Waals surface area (Å²) < 4.78 is 0. The molecule has 2 heterocycles. The molecule has 0 atom stereocenters. The van der Waals surface area contributed by atoms with Gasteiger partial charge in [0.1, 0.15) is 0 Å². The largest absolute Gasteiger partial charge is 0.370 e. The van der Waals surface area contributed by atoms with Crippen molar-refractivity contribution in [2.45, 2.75) is 19.3 Å². The average Bonchev–Trinajstić information content (AvgIpc) is 2.48. The molecule has 1 aromatic rings. The van der Waals surface area contributed by atoms with Gasteiger partial charge in [0.05, 0.1) is 17.4 Å². The maximum absolute atomic E-state index is 12.1. The van der Waals surface area contributed by atoms with E-state index in [1.54, 1.807) is 6.20 Å². The van der Waals surface area contributed by atoms with Gasteiger partial charge in [-0.15, -0.1) is 0 Å². The molecule has 0 aliphatic carbocycles. The summed E-state index contributed by atoms with van der Waals surface area (Å²) in [5, 5.41) is 2.92. The molecule has 1 aliphatic heterocycles. The van der Waals surface area contributed by atoms with Crippen LogP contribution in [0.3, 0.4) is 0 Å². The number of aromatic nitrogens is 1. The highest BCUT2D eigenvalue weighted by Gasteiger charge is 2.13. The van der Waals surface area contributed by atoms with E-state index in [-0.39, 0.29) is 5.91 Å². The van der Waals surface area contributed by atoms with Crippen molar-refractivity contribution in [2.75, 3.05) is 45.2 Å². The molecule has 2 rings (SSSR count). The van der Waals surface area contributed by atoms with Crippen LogP contribution in [0.25, 0.3) is 0 Å². The predicted molar refractivity (Wildman–Crippen MR) is 81.2 cm³/mol. The Labute approximate surface area is 121 Å². The molecule has 1 amide bonds. The summed E-state index contributed by atoms with van der Waals surface area (Å²) in [6.45, 7) is 3.62. The van der Waals surface area contributed by atoms with E-state index < -0.39 is 0 Å². The van der Waals surface area contributed by atoms with Crippen molar-refractivity contribution in [3.8, 4) is 0 Å². The molecule has 0 spiro atoms. The van der Waals surface area contributed by atoms with Gasteiger partial charge < -0.3 is 15.1 Å². The maximum Gasteiger partial charge on any atom is 0.252 e. The van der Waals surface area contributed by atoms with Gasteiger partial charge in [0.15, 0.2) is 0 Å². The van der Waals surface area contributed by atoms with Crippen LogP contribution in [-0.4, -0.2) is 56.1 Å². The number of pyridine rings is 1. The zero-order chi connectivity index (χ0) is 14.4. The van der Waals surface area contributed by atoms with Crippen LogP contribution in [0.5, 0.6) is 0 Å². The number of nitrogens with one attached hydrogen (secondary N) is 1. The minimum Gasteiger partial charge on any atom is -0.370 e. The Morgan fingerprint density at radius 1 is 1.30 bits per heavy atom. The molecular formula is C15H24N4O. The number of rotatable bonds is 5. The first-order chi connectivity index (χ1) is 9.66. The van der Waals surface area contributed by atoms with Crippen LogP contribution in [0.1, 0.15) is 29.6 Å². The van der Waals surface area contributed by atoms with Crippen molar-refractivity contribution >= 4 is 11.6 Å². The summed E-state index contributed by atoms with van der Waals surface area (Å²) in [5.41, 5.74) is 1.71. The van der Waals surface area contributed by atoms with Crippen molar-refractivity contribution in [3.05, 3.63) is 24.0 Å². The van der Waals surface area contributed by atoms with Gasteiger partial charge in [0.25, 0.3) is 5.91 Å². The fraction of sp³-hybridized carbons (Fsp3) is 0.600. The minimum absolute atomic E-state index is 0.0433. The van der Waals surface area contributed by atoms with Gasteiger partial charge in [-0.2, -0.15) is 0 Å². The smallest absolute Gasteiger partial charge is 0.252 e. The minimum atomic E-state index is -0.0433. The molecule has 1 N–H and O–H groups in total. The topological polar surface area (TPSA) is 48.5 Å². The molecule has 110 valence electrons. The molecule has 5 heteroatoms. The first kappa shape index (κ1) is 14.8. The summed E-state index contributed by atoms with van der Waals surface area (Å²) in [5.74, 6) is -0.0433. The second-order valence-corrected chi connectivity index (χ2v) is 5.54. The van der Waals surface area contributed by atoms with Crippen LogP contribution >= 0.6 is 0 Å². The SMILES string of the molecule is CN(C)CCNC(=O)c1cncc(N2CCCCC2)c1. The standard InChI is InChI=1S/C15H24N4O/c1-18(2)9-6-17-15(20)13-10-14(12-16-11-13)19-7-4-3-5-8-19/h10-12H,3-9H2,1-2H3,(H,17,20). The average molecular weight is 276 g/mol. The molecule has 0 saturated carbocycles. The highest BCUT2D eigenvalue weighted by Crippen LogP contribution is 2.19. The van der Waals surface area contributed by atoms with Crippen LogP contribution in [0.2, 0.25) is 0 Å². The zero-order valence-corrected chi connectivity index (χ0v) is 12.4. The Morgan fingerprint density at radius 2 is 2.05 bits per heavy atom. The van der Waals surface area contributed by atoms with Crippen molar-refractivity contribution in [3.63, 3.8) is 0 Å². The van der Waals surface area contributed by atoms with Gasteiger partial charge in [-0.05, 0) is 39.4 Å². The monoisotopic (exact) mass is 276 g/mol. The van der Waals surface area contributed by atoms with E-state index in [1.165, 1.54) is 19.3 Å². The number of carbonyl (C=O) groups is 1. The van der Waals surface area contributed by atoms with Crippen LogP contribution < -0.4 is 10.2 Å². The first-order valence-corrected chi connectivity index (χ1v) is 7.30. The molecule has 1 saturated heterocycles. The highest BCUT2D eigenvalue weighted by atomic mass is 16.1. The van der Waals surface area contributed by atoms with Crippen molar-refractivity contribution < 1.29 is 4.79 Å². The number of carbonyl (C=O) groups excluding carboxylic acids is 1. The van der Waals surface area contributed by atoms with Gasteiger partial charge >= 0.3 is 0 Å². The van der Waals surface area contributed by atoms with E-state index >= 15 is 0 Å². The molecule has 1 aliphatic rings. The molecule has 20 heavy (non-hydrogen) atoms. The fourth-order valence-corrected chi connectivity index (χ4v) is 2.37. The molecule has 1 fully saturated rings. The molecule has 1 aromatic heterocycles. The Morgan fingerprint density at radius 3 is 2.75 bits per heavy atom. The number of amides is 1. The number of hydrogen-bond donors (Lipinski definition) is 1. The van der Waals surface area contributed by atoms with Crippen molar-refractivity contribution in [1.29, 1.82) is 0 Å². The van der Waals surface area contributed by atoms with Gasteiger partial charge in [0, 0.05) is 32.4 Å². The van der Waals surface area contributed by atoms with Gasteiger partial charge in [-0.3, -0.25) is 9.78 Å².